The van der Waals surface area contributed by atoms with Gasteiger partial charge in [0.25, 0.3) is 0 Å². The summed E-state index contributed by atoms with van der Waals surface area (Å²) in [4.78, 5) is 0.143. The van der Waals surface area contributed by atoms with E-state index in [0.29, 0.717) is 37.5 Å². The van der Waals surface area contributed by atoms with Crippen molar-refractivity contribution in [2.45, 2.75) is 23.2 Å². The molecule has 30 heavy (non-hydrogen) atoms. The highest BCUT2D eigenvalue weighted by atomic mass is 32.2. The molecular formula is C21H22FN3O4S. The molecule has 0 unspecified atom stereocenters. The van der Waals surface area contributed by atoms with Gasteiger partial charge in [0.2, 0.25) is 21.8 Å². The van der Waals surface area contributed by atoms with Crippen LogP contribution < -0.4 is 0 Å². The molecule has 0 bridgehead atoms. The van der Waals surface area contributed by atoms with Crippen molar-refractivity contribution in [1.82, 2.24) is 14.5 Å². The average molecular weight is 431 g/mol. The zero-order valence-electron chi connectivity index (χ0n) is 16.7. The number of hydrogen-bond acceptors (Lipinski definition) is 6. The number of aromatic nitrogens is 2. The molecule has 0 radical (unpaired) electrons. The molecule has 3 aromatic rings. The highest BCUT2D eigenvalue weighted by Gasteiger charge is 2.41. The lowest BCUT2D eigenvalue weighted by Gasteiger charge is -2.34. The maximum absolute atomic E-state index is 13.5. The molecule has 7 nitrogen and oxygen atoms in total. The van der Waals surface area contributed by atoms with Gasteiger partial charge in [-0.1, -0.05) is 18.2 Å². The normalized spacial score (nSPS) is 16.7. The minimum Gasteiger partial charge on any atom is -0.420 e. The van der Waals surface area contributed by atoms with Gasteiger partial charge in [0, 0.05) is 32.9 Å². The third kappa shape index (κ3) is 3.64. The van der Waals surface area contributed by atoms with E-state index in [1.54, 1.807) is 24.3 Å². The third-order valence-corrected chi connectivity index (χ3v) is 7.25. The molecule has 2 aromatic carbocycles. The lowest BCUT2D eigenvalue weighted by Crippen LogP contribution is -2.35. The Morgan fingerprint density at radius 2 is 1.73 bits per heavy atom. The zero-order valence-corrected chi connectivity index (χ0v) is 17.5. The van der Waals surface area contributed by atoms with Crippen LogP contribution in [0.3, 0.4) is 0 Å². The fraction of sp³-hybridized carbons (Fsp3) is 0.333. The molecule has 158 valence electrons. The molecular weight excluding hydrogens is 409 g/mol. The first-order valence-electron chi connectivity index (χ1n) is 9.54. The van der Waals surface area contributed by atoms with Crippen molar-refractivity contribution in [3.05, 3.63) is 65.8 Å². The molecule has 1 fully saturated rings. The lowest BCUT2D eigenvalue weighted by atomic mass is 9.74. The molecule has 1 saturated heterocycles. The Bertz CT molecular complexity index is 1140. The quantitative estimate of drug-likeness (QED) is 0.617. The van der Waals surface area contributed by atoms with Crippen LogP contribution in [-0.4, -0.2) is 50.2 Å². The fourth-order valence-corrected chi connectivity index (χ4v) is 4.60. The summed E-state index contributed by atoms with van der Waals surface area (Å²) in [5.74, 6) is 0.327. The number of sulfonamides is 1. The van der Waals surface area contributed by atoms with Gasteiger partial charge in [-0.15, -0.1) is 10.2 Å². The second kappa shape index (κ2) is 7.90. The van der Waals surface area contributed by atoms with E-state index in [9.17, 15) is 12.8 Å². The Hall–Kier alpha value is -2.62. The van der Waals surface area contributed by atoms with Crippen LogP contribution in [0.4, 0.5) is 4.39 Å². The summed E-state index contributed by atoms with van der Waals surface area (Å²) in [6.07, 6.45) is 1.24. The zero-order chi connectivity index (χ0) is 21.4. The van der Waals surface area contributed by atoms with E-state index in [2.05, 4.69) is 10.2 Å². The van der Waals surface area contributed by atoms with Crippen LogP contribution in [0.5, 0.6) is 0 Å². The van der Waals surface area contributed by atoms with E-state index in [1.165, 1.54) is 38.4 Å². The van der Waals surface area contributed by atoms with Crippen LogP contribution in [-0.2, 0) is 20.2 Å². The number of hydrogen-bond donors (Lipinski definition) is 0. The number of halogens is 1. The van der Waals surface area contributed by atoms with Crippen molar-refractivity contribution in [3.8, 4) is 11.5 Å². The standard InChI is InChI=1S/C21H22FN3O4S/c1-25(2)30(26,27)18-5-3-4-15(14-18)19-23-24-20(29-19)21(10-12-28-13-11-21)16-6-8-17(22)9-7-16/h3-9,14H,10-13H2,1-2H3. The number of nitrogens with zero attached hydrogens (tertiary/aromatic N) is 3. The molecule has 0 amide bonds. The topological polar surface area (TPSA) is 85.5 Å². The minimum atomic E-state index is -3.59. The Morgan fingerprint density at radius 3 is 2.40 bits per heavy atom. The highest BCUT2D eigenvalue weighted by molar-refractivity contribution is 7.89. The van der Waals surface area contributed by atoms with Crippen LogP contribution in [0.15, 0.2) is 57.8 Å². The largest absolute Gasteiger partial charge is 0.420 e. The predicted octanol–water partition coefficient (Wildman–Crippen LogP) is 3.22. The summed E-state index contributed by atoms with van der Waals surface area (Å²) >= 11 is 0. The van der Waals surface area contributed by atoms with Crippen LogP contribution >= 0.6 is 0 Å². The third-order valence-electron chi connectivity index (χ3n) is 5.44. The summed E-state index contributed by atoms with van der Waals surface area (Å²) in [5.41, 5.74) is 0.814. The van der Waals surface area contributed by atoms with Gasteiger partial charge in [-0.05, 0) is 48.7 Å². The highest BCUT2D eigenvalue weighted by Crippen LogP contribution is 2.41. The van der Waals surface area contributed by atoms with E-state index in [1.807, 2.05) is 0 Å². The maximum Gasteiger partial charge on any atom is 0.247 e. The fourth-order valence-electron chi connectivity index (χ4n) is 3.65. The number of rotatable bonds is 5. The van der Waals surface area contributed by atoms with Crippen molar-refractivity contribution in [1.29, 1.82) is 0 Å². The van der Waals surface area contributed by atoms with Crippen molar-refractivity contribution >= 4 is 10.0 Å². The Balaban J connectivity index is 1.75. The van der Waals surface area contributed by atoms with Gasteiger partial charge in [-0.25, -0.2) is 17.1 Å². The van der Waals surface area contributed by atoms with E-state index < -0.39 is 15.4 Å². The summed E-state index contributed by atoms with van der Waals surface area (Å²) in [7, 11) is -0.636. The Labute approximate surface area is 174 Å². The summed E-state index contributed by atoms with van der Waals surface area (Å²) in [6, 6.07) is 12.7. The summed E-state index contributed by atoms with van der Waals surface area (Å²) in [5, 5.41) is 8.47. The monoisotopic (exact) mass is 431 g/mol. The summed E-state index contributed by atoms with van der Waals surface area (Å²) < 4.78 is 51.1. The van der Waals surface area contributed by atoms with Gasteiger partial charge in [0.05, 0.1) is 10.3 Å². The minimum absolute atomic E-state index is 0.143. The molecule has 0 aliphatic carbocycles. The predicted molar refractivity (Wildman–Crippen MR) is 108 cm³/mol. The Kier molecular flexibility index (Phi) is 5.44. The van der Waals surface area contributed by atoms with Crippen LogP contribution in [0.2, 0.25) is 0 Å². The van der Waals surface area contributed by atoms with Crippen molar-refractivity contribution in [2.24, 2.45) is 0 Å². The molecule has 4 rings (SSSR count). The Morgan fingerprint density at radius 1 is 1.03 bits per heavy atom. The van der Waals surface area contributed by atoms with Gasteiger partial charge in [-0.2, -0.15) is 0 Å². The van der Waals surface area contributed by atoms with Gasteiger partial charge in [-0.3, -0.25) is 0 Å². The summed E-state index contributed by atoms with van der Waals surface area (Å²) in [6.45, 7) is 1.04. The van der Waals surface area contributed by atoms with E-state index >= 15 is 0 Å². The van der Waals surface area contributed by atoms with Crippen LogP contribution in [0.25, 0.3) is 11.5 Å². The van der Waals surface area contributed by atoms with Gasteiger partial charge < -0.3 is 9.15 Å². The first kappa shape index (κ1) is 20.6. The molecule has 2 heterocycles. The second-order valence-corrected chi connectivity index (χ2v) is 9.58. The molecule has 0 atom stereocenters. The van der Waals surface area contributed by atoms with E-state index in [-0.39, 0.29) is 16.6 Å². The molecule has 0 saturated carbocycles. The van der Waals surface area contributed by atoms with Crippen molar-refractivity contribution < 1.29 is 22.0 Å². The number of ether oxygens (including phenoxy) is 1. The number of benzene rings is 2. The van der Waals surface area contributed by atoms with Gasteiger partial charge >= 0.3 is 0 Å². The SMILES string of the molecule is CN(C)S(=O)(=O)c1cccc(-c2nnc(C3(c4ccc(F)cc4)CCOCC3)o2)c1. The van der Waals surface area contributed by atoms with Crippen LogP contribution in [0.1, 0.15) is 24.3 Å². The smallest absolute Gasteiger partial charge is 0.247 e. The van der Waals surface area contributed by atoms with Crippen molar-refractivity contribution in [3.63, 3.8) is 0 Å². The van der Waals surface area contributed by atoms with Crippen molar-refractivity contribution in [2.75, 3.05) is 27.3 Å². The van der Waals surface area contributed by atoms with E-state index in [0.717, 1.165) is 9.87 Å². The molecule has 0 N–H and O–H groups in total. The first-order valence-corrected chi connectivity index (χ1v) is 11.0. The maximum atomic E-state index is 13.5. The first-order chi connectivity index (χ1) is 14.3. The van der Waals surface area contributed by atoms with Crippen LogP contribution in [0, 0.1) is 5.82 Å². The molecule has 1 aromatic heterocycles. The molecule has 0 spiro atoms. The van der Waals surface area contributed by atoms with Gasteiger partial charge in [0.1, 0.15) is 5.82 Å². The molecule has 1 aliphatic rings. The van der Waals surface area contributed by atoms with E-state index in [4.69, 9.17) is 9.15 Å². The second-order valence-electron chi connectivity index (χ2n) is 7.43. The molecule has 1 aliphatic heterocycles. The lowest BCUT2D eigenvalue weighted by molar-refractivity contribution is 0.0546. The van der Waals surface area contributed by atoms with Gasteiger partial charge in [0.15, 0.2) is 0 Å². The molecule has 9 heteroatoms. The average Bonchev–Trinajstić information content (AvgIpc) is 3.26.